The zero-order valence-electron chi connectivity index (χ0n) is 16.7. The molecular weight excluding hydrogens is 411 g/mol. The number of sulfonamides is 1. The molecule has 0 aromatic heterocycles. The number of carbonyl (C=O) groups excluding carboxylic acids is 2. The van der Waals surface area contributed by atoms with Crippen molar-refractivity contribution in [3.63, 3.8) is 0 Å². The molecule has 160 valence electrons. The van der Waals surface area contributed by atoms with Crippen LogP contribution in [0.4, 0.5) is 10.1 Å². The summed E-state index contributed by atoms with van der Waals surface area (Å²) in [6.07, 6.45) is 0.726. The number of piperidine rings is 1. The van der Waals surface area contributed by atoms with Crippen molar-refractivity contribution < 1.29 is 27.1 Å². The van der Waals surface area contributed by atoms with Gasteiger partial charge >= 0.3 is 5.97 Å². The molecule has 0 aliphatic carbocycles. The van der Waals surface area contributed by atoms with Crippen molar-refractivity contribution in [3.8, 4) is 0 Å². The molecule has 0 unspecified atom stereocenters. The molecule has 2 aromatic rings. The quantitative estimate of drug-likeness (QED) is 0.731. The van der Waals surface area contributed by atoms with Crippen LogP contribution in [0, 0.1) is 18.7 Å². The Morgan fingerprint density at radius 3 is 2.33 bits per heavy atom. The Labute approximate surface area is 174 Å². The van der Waals surface area contributed by atoms with Gasteiger partial charge in [0, 0.05) is 24.7 Å². The first kappa shape index (κ1) is 21.9. The third-order valence-corrected chi connectivity index (χ3v) is 7.11. The number of hydrogen-bond acceptors (Lipinski definition) is 5. The number of esters is 1. The van der Waals surface area contributed by atoms with Gasteiger partial charge in [-0.1, -0.05) is 6.07 Å². The van der Waals surface area contributed by atoms with E-state index in [2.05, 4.69) is 5.32 Å². The van der Waals surface area contributed by atoms with Crippen molar-refractivity contribution in [1.82, 2.24) is 4.31 Å². The fourth-order valence-electron chi connectivity index (χ4n) is 3.35. The van der Waals surface area contributed by atoms with E-state index in [0.717, 1.165) is 17.7 Å². The van der Waals surface area contributed by atoms with Crippen LogP contribution in [0.2, 0.25) is 0 Å². The number of amides is 1. The molecule has 0 radical (unpaired) electrons. The molecule has 0 bridgehead atoms. The van der Waals surface area contributed by atoms with Crippen LogP contribution in [0.3, 0.4) is 0 Å². The molecule has 1 heterocycles. The van der Waals surface area contributed by atoms with Crippen LogP contribution in [0.5, 0.6) is 0 Å². The number of halogens is 1. The molecule has 2 aromatic carbocycles. The molecule has 1 aliphatic rings. The van der Waals surface area contributed by atoms with Gasteiger partial charge in [-0.3, -0.25) is 4.79 Å². The van der Waals surface area contributed by atoms with Crippen LogP contribution in [0.25, 0.3) is 0 Å². The van der Waals surface area contributed by atoms with Crippen LogP contribution >= 0.6 is 0 Å². The van der Waals surface area contributed by atoms with Crippen molar-refractivity contribution in [2.24, 2.45) is 5.92 Å². The Morgan fingerprint density at radius 2 is 1.73 bits per heavy atom. The van der Waals surface area contributed by atoms with Gasteiger partial charge in [0.1, 0.15) is 5.82 Å². The molecule has 1 aliphatic heterocycles. The number of hydrogen-bond donors (Lipinski definition) is 1. The summed E-state index contributed by atoms with van der Waals surface area (Å²) in [5, 5.41) is 2.83. The minimum atomic E-state index is -3.73. The fourth-order valence-corrected chi connectivity index (χ4v) is 4.82. The van der Waals surface area contributed by atoms with E-state index in [1.165, 1.54) is 23.5 Å². The van der Waals surface area contributed by atoms with Gasteiger partial charge in [0.2, 0.25) is 15.9 Å². The van der Waals surface area contributed by atoms with Gasteiger partial charge in [0.05, 0.1) is 17.6 Å². The molecule has 1 fully saturated rings. The van der Waals surface area contributed by atoms with Gasteiger partial charge in [-0.25, -0.2) is 17.6 Å². The Morgan fingerprint density at radius 1 is 1.10 bits per heavy atom. The monoisotopic (exact) mass is 434 g/mol. The minimum absolute atomic E-state index is 0.0297. The Bertz CT molecular complexity index is 1050. The van der Waals surface area contributed by atoms with Crippen molar-refractivity contribution in [1.29, 1.82) is 0 Å². The summed E-state index contributed by atoms with van der Waals surface area (Å²) in [7, 11) is -2.44. The normalized spacial score (nSPS) is 15.6. The highest BCUT2D eigenvalue weighted by Gasteiger charge is 2.32. The number of nitrogens with zero attached hydrogens (tertiary/aromatic N) is 1. The zero-order chi connectivity index (χ0) is 21.9. The highest BCUT2D eigenvalue weighted by atomic mass is 32.2. The maximum absolute atomic E-state index is 13.1. The maximum atomic E-state index is 13.1. The Hall–Kier alpha value is -2.78. The van der Waals surface area contributed by atoms with Crippen molar-refractivity contribution in [2.75, 3.05) is 25.5 Å². The molecule has 3 rings (SSSR count). The predicted molar refractivity (Wildman–Crippen MR) is 109 cm³/mol. The summed E-state index contributed by atoms with van der Waals surface area (Å²) in [5.41, 5.74) is 1.65. The third kappa shape index (κ3) is 4.68. The van der Waals surface area contributed by atoms with Gasteiger partial charge in [-0.2, -0.15) is 4.31 Å². The maximum Gasteiger partial charge on any atom is 0.337 e. The van der Waals surface area contributed by atoms with E-state index < -0.39 is 21.8 Å². The van der Waals surface area contributed by atoms with Crippen molar-refractivity contribution >= 4 is 27.6 Å². The lowest BCUT2D eigenvalue weighted by Gasteiger charge is -2.30. The number of anilines is 1. The molecule has 0 spiro atoms. The SMILES string of the molecule is COC(=O)c1ccc(C)c(NC(=O)C2CCN(S(=O)(=O)c3ccc(F)cc3)CC2)c1. The number of nitrogens with one attached hydrogen (secondary N) is 1. The molecular formula is C21H23FN2O5S. The second-order valence-corrected chi connectivity index (χ2v) is 9.08. The lowest BCUT2D eigenvalue weighted by atomic mass is 9.97. The lowest BCUT2D eigenvalue weighted by molar-refractivity contribution is -0.120. The molecule has 1 amide bonds. The van der Waals surface area contributed by atoms with Gasteiger partial charge in [0.15, 0.2) is 0 Å². The summed E-state index contributed by atoms with van der Waals surface area (Å²) >= 11 is 0. The van der Waals surface area contributed by atoms with Gasteiger partial charge in [0.25, 0.3) is 0 Å². The number of ether oxygens (including phenoxy) is 1. The van der Waals surface area contributed by atoms with Crippen molar-refractivity contribution in [3.05, 3.63) is 59.4 Å². The van der Waals surface area contributed by atoms with E-state index >= 15 is 0 Å². The van der Waals surface area contributed by atoms with Crippen LogP contribution in [0.1, 0.15) is 28.8 Å². The molecule has 9 heteroatoms. The highest BCUT2D eigenvalue weighted by Crippen LogP contribution is 2.26. The highest BCUT2D eigenvalue weighted by molar-refractivity contribution is 7.89. The van der Waals surface area contributed by atoms with Crippen LogP contribution in [0.15, 0.2) is 47.4 Å². The average molecular weight is 434 g/mol. The second-order valence-electron chi connectivity index (χ2n) is 7.14. The molecule has 0 atom stereocenters. The number of carbonyl (C=O) groups is 2. The molecule has 0 saturated carbocycles. The van der Waals surface area contributed by atoms with Crippen LogP contribution < -0.4 is 5.32 Å². The predicted octanol–water partition coefficient (Wildman–Crippen LogP) is 2.96. The largest absolute Gasteiger partial charge is 0.465 e. The molecule has 1 saturated heterocycles. The standard InChI is InChI=1S/C21H23FN2O5S/c1-14-3-4-16(21(26)29-2)13-19(14)23-20(25)15-9-11-24(12-10-15)30(27,28)18-7-5-17(22)6-8-18/h3-8,13,15H,9-12H2,1-2H3,(H,23,25). The average Bonchev–Trinajstić information content (AvgIpc) is 2.75. The smallest absolute Gasteiger partial charge is 0.337 e. The van der Waals surface area contributed by atoms with Crippen LogP contribution in [-0.4, -0.2) is 44.8 Å². The lowest BCUT2D eigenvalue weighted by Crippen LogP contribution is -2.41. The first-order valence-corrected chi connectivity index (χ1v) is 10.9. The van der Waals surface area contributed by atoms with E-state index in [9.17, 15) is 22.4 Å². The first-order valence-electron chi connectivity index (χ1n) is 9.48. The molecule has 1 N–H and O–H groups in total. The van der Waals surface area contributed by atoms with Gasteiger partial charge < -0.3 is 10.1 Å². The number of methoxy groups -OCH3 is 1. The van der Waals surface area contributed by atoms with Gasteiger partial charge in [-0.15, -0.1) is 0 Å². The van der Waals surface area contributed by atoms with Gasteiger partial charge in [-0.05, 0) is 61.7 Å². The fraction of sp³-hybridized carbons (Fsp3) is 0.333. The number of benzene rings is 2. The number of rotatable bonds is 5. The van der Waals surface area contributed by atoms with E-state index in [4.69, 9.17) is 4.74 Å². The second kappa shape index (κ2) is 8.93. The first-order chi connectivity index (χ1) is 14.2. The molecule has 30 heavy (non-hydrogen) atoms. The van der Waals surface area contributed by atoms with Crippen molar-refractivity contribution in [2.45, 2.75) is 24.7 Å². The van der Waals surface area contributed by atoms with E-state index in [0.29, 0.717) is 24.1 Å². The Balaban J connectivity index is 1.64. The van der Waals surface area contributed by atoms with E-state index in [-0.39, 0.29) is 29.8 Å². The van der Waals surface area contributed by atoms with Crippen LogP contribution in [-0.2, 0) is 19.6 Å². The Kier molecular flexibility index (Phi) is 6.52. The van der Waals surface area contributed by atoms with E-state index in [1.807, 2.05) is 6.92 Å². The molecule has 7 nitrogen and oxygen atoms in total. The zero-order valence-corrected chi connectivity index (χ0v) is 17.5. The summed E-state index contributed by atoms with van der Waals surface area (Å²) in [5.74, 6) is -1.58. The van der Waals surface area contributed by atoms with E-state index in [1.54, 1.807) is 18.2 Å². The summed E-state index contributed by atoms with van der Waals surface area (Å²) < 4.78 is 44.5. The summed E-state index contributed by atoms with van der Waals surface area (Å²) in [6, 6.07) is 9.60. The third-order valence-electron chi connectivity index (χ3n) is 5.19. The summed E-state index contributed by atoms with van der Waals surface area (Å²) in [6.45, 7) is 2.20. The summed E-state index contributed by atoms with van der Waals surface area (Å²) in [4.78, 5) is 24.4. The minimum Gasteiger partial charge on any atom is -0.465 e. The number of aryl methyl sites for hydroxylation is 1. The topological polar surface area (TPSA) is 92.8 Å².